The van der Waals surface area contributed by atoms with Crippen molar-refractivity contribution >= 4 is 43.7 Å². The second-order valence-corrected chi connectivity index (χ2v) is 6.39. The van der Waals surface area contributed by atoms with E-state index in [9.17, 15) is 14.7 Å². The summed E-state index contributed by atoms with van der Waals surface area (Å²) in [5.74, 6) is -1.43. The molecule has 0 aliphatic heterocycles. The van der Waals surface area contributed by atoms with Crippen molar-refractivity contribution in [2.45, 2.75) is 6.54 Å². The first kappa shape index (κ1) is 17.5. The van der Waals surface area contributed by atoms with Crippen molar-refractivity contribution in [3.05, 3.63) is 62.5 Å². The van der Waals surface area contributed by atoms with Crippen molar-refractivity contribution in [2.75, 3.05) is 6.61 Å². The number of amides is 1. The predicted octanol–water partition coefficient (Wildman–Crippen LogP) is 3.39. The molecule has 23 heavy (non-hydrogen) atoms. The average Bonchev–Trinajstić information content (AvgIpc) is 2.55. The molecule has 7 heteroatoms. The molecule has 0 aliphatic carbocycles. The van der Waals surface area contributed by atoms with Gasteiger partial charge in [0, 0.05) is 11.0 Å². The van der Waals surface area contributed by atoms with Gasteiger partial charge in [0.2, 0.25) is 0 Å². The Morgan fingerprint density at radius 3 is 2.52 bits per heavy atom. The maximum atomic E-state index is 11.9. The molecule has 0 bridgehead atoms. The summed E-state index contributed by atoms with van der Waals surface area (Å²) in [6.45, 7) is -0.0693. The molecule has 2 rings (SSSR count). The molecular formula is C16H13Br2NO4. The normalized spacial score (nSPS) is 10.2. The first-order chi connectivity index (χ1) is 11.0. The van der Waals surface area contributed by atoms with Crippen LogP contribution in [0.2, 0.25) is 0 Å². The highest BCUT2D eigenvalue weighted by atomic mass is 79.9. The first-order valence-corrected chi connectivity index (χ1v) is 8.21. The molecule has 1 amide bonds. The Kier molecular flexibility index (Phi) is 6.18. The van der Waals surface area contributed by atoms with E-state index in [0.29, 0.717) is 15.5 Å². The van der Waals surface area contributed by atoms with Gasteiger partial charge in [0.15, 0.2) is 6.61 Å². The third-order valence-corrected chi connectivity index (χ3v) is 3.98. The maximum absolute atomic E-state index is 11.9. The van der Waals surface area contributed by atoms with E-state index in [1.807, 2.05) is 30.3 Å². The van der Waals surface area contributed by atoms with Gasteiger partial charge in [0.05, 0.1) is 4.47 Å². The molecule has 0 fully saturated rings. The van der Waals surface area contributed by atoms with Gasteiger partial charge < -0.3 is 15.2 Å². The fourth-order valence-electron chi connectivity index (χ4n) is 1.78. The lowest BCUT2D eigenvalue weighted by Gasteiger charge is -2.09. The molecule has 0 heterocycles. The largest absolute Gasteiger partial charge is 0.506 e. The van der Waals surface area contributed by atoms with E-state index in [-0.39, 0.29) is 11.3 Å². The molecule has 0 atom stereocenters. The summed E-state index contributed by atoms with van der Waals surface area (Å²) in [4.78, 5) is 23.6. The zero-order valence-corrected chi connectivity index (χ0v) is 15.1. The Balaban J connectivity index is 1.88. The van der Waals surface area contributed by atoms with Crippen LogP contribution in [0, 0.1) is 0 Å². The molecule has 0 aliphatic rings. The van der Waals surface area contributed by atoms with Gasteiger partial charge in [0.1, 0.15) is 11.3 Å². The van der Waals surface area contributed by atoms with Crippen LogP contribution in [0.3, 0.4) is 0 Å². The zero-order valence-electron chi connectivity index (χ0n) is 11.9. The summed E-state index contributed by atoms with van der Waals surface area (Å²) >= 11 is 6.35. The Bertz CT molecular complexity index is 720. The summed E-state index contributed by atoms with van der Waals surface area (Å²) in [5, 5.41) is 12.5. The van der Waals surface area contributed by atoms with Crippen LogP contribution in [0.4, 0.5) is 0 Å². The van der Waals surface area contributed by atoms with Crippen LogP contribution >= 0.6 is 31.9 Å². The molecular weight excluding hydrogens is 430 g/mol. The van der Waals surface area contributed by atoms with Gasteiger partial charge in [-0.3, -0.25) is 4.79 Å². The second kappa shape index (κ2) is 8.12. The molecule has 2 aromatic rings. The smallest absolute Gasteiger partial charge is 0.342 e. The van der Waals surface area contributed by atoms with Crippen LogP contribution in [0.25, 0.3) is 0 Å². The van der Waals surface area contributed by atoms with E-state index in [4.69, 9.17) is 4.74 Å². The zero-order chi connectivity index (χ0) is 16.8. The second-order valence-electron chi connectivity index (χ2n) is 4.62. The number of benzene rings is 2. The summed E-state index contributed by atoms with van der Waals surface area (Å²) < 4.78 is 5.87. The molecule has 0 spiro atoms. The molecule has 2 N–H and O–H groups in total. The number of phenolic OH excluding ortho intramolecular Hbond substituents is 1. The molecule has 0 aromatic heterocycles. The number of esters is 1. The van der Waals surface area contributed by atoms with Crippen molar-refractivity contribution in [1.29, 1.82) is 0 Å². The van der Waals surface area contributed by atoms with Gasteiger partial charge >= 0.3 is 5.97 Å². The first-order valence-electron chi connectivity index (χ1n) is 6.63. The minimum Gasteiger partial charge on any atom is -0.506 e. The van der Waals surface area contributed by atoms with Gasteiger partial charge in [-0.15, -0.1) is 0 Å². The minimum atomic E-state index is -0.778. The van der Waals surface area contributed by atoms with Crippen molar-refractivity contribution < 1.29 is 19.4 Å². The van der Waals surface area contributed by atoms with E-state index in [0.717, 1.165) is 5.56 Å². The molecule has 0 saturated carbocycles. The number of carbonyl (C=O) groups is 2. The van der Waals surface area contributed by atoms with Crippen molar-refractivity contribution in [3.63, 3.8) is 0 Å². The van der Waals surface area contributed by atoms with Crippen molar-refractivity contribution in [2.24, 2.45) is 0 Å². The number of rotatable bonds is 5. The lowest BCUT2D eigenvalue weighted by molar-refractivity contribution is -0.124. The van der Waals surface area contributed by atoms with E-state index in [1.54, 1.807) is 6.07 Å². The summed E-state index contributed by atoms with van der Waals surface area (Å²) in [6, 6.07) is 12.4. The lowest BCUT2D eigenvalue weighted by Crippen LogP contribution is -2.28. The van der Waals surface area contributed by atoms with E-state index in [2.05, 4.69) is 37.2 Å². The molecule has 0 unspecified atom stereocenters. The van der Waals surface area contributed by atoms with Gasteiger partial charge in [-0.25, -0.2) is 4.79 Å². The molecule has 5 nitrogen and oxygen atoms in total. The minimum absolute atomic E-state index is 0.0258. The predicted molar refractivity (Wildman–Crippen MR) is 92.1 cm³/mol. The monoisotopic (exact) mass is 441 g/mol. The lowest BCUT2D eigenvalue weighted by atomic mass is 10.2. The standard InChI is InChI=1S/C16H13Br2NO4/c17-11-6-12(15(21)13(18)7-11)16(22)23-9-14(20)19-8-10-4-2-1-3-5-10/h1-7,21H,8-9H2,(H,19,20). The van der Waals surface area contributed by atoms with Crippen LogP contribution < -0.4 is 5.32 Å². The van der Waals surface area contributed by atoms with Gasteiger partial charge in [-0.2, -0.15) is 0 Å². The molecule has 0 saturated heterocycles. The SMILES string of the molecule is O=C(COC(=O)c1cc(Br)cc(Br)c1O)NCc1ccccc1. The maximum Gasteiger partial charge on any atom is 0.342 e. The van der Waals surface area contributed by atoms with E-state index < -0.39 is 18.5 Å². The highest BCUT2D eigenvalue weighted by Crippen LogP contribution is 2.32. The Morgan fingerprint density at radius 2 is 1.83 bits per heavy atom. The molecule has 120 valence electrons. The average molecular weight is 443 g/mol. The van der Waals surface area contributed by atoms with E-state index in [1.165, 1.54) is 6.07 Å². The van der Waals surface area contributed by atoms with E-state index >= 15 is 0 Å². The number of aromatic hydroxyl groups is 1. The Morgan fingerprint density at radius 1 is 1.13 bits per heavy atom. The highest BCUT2D eigenvalue weighted by molar-refractivity contribution is 9.11. The number of phenols is 1. The van der Waals surface area contributed by atoms with Crippen LogP contribution in [-0.4, -0.2) is 23.6 Å². The fraction of sp³-hybridized carbons (Fsp3) is 0.125. The third kappa shape index (κ3) is 5.07. The van der Waals surface area contributed by atoms with Crippen LogP contribution in [0.5, 0.6) is 5.75 Å². The molecule has 0 radical (unpaired) electrons. The highest BCUT2D eigenvalue weighted by Gasteiger charge is 2.17. The molecule has 2 aromatic carbocycles. The Hall–Kier alpha value is -1.86. The topological polar surface area (TPSA) is 75.6 Å². The summed E-state index contributed by atoms with van der Waals surface area (Å²) in [5.41, 5.74) is 0.919. The third-order valence-electron chi connectivity index (χ3n) is 2.91. The number of halogens is 2. The van der Waals surface area contributed by atoms with Crippen LogP contribution in [-0.2, 0) is 16.1 Å². The van der Waals surface area contributed by atoms with Crippen molar-refractivity contribution in [1.82, 2.24) is 5.32 Å². The Labute approximate surface area is 149 Å². The number of nitrogens with one attached hydrogen (secondary N) is 1. The number of carbonyl (C=O) groups excluding carboxylic acids is 2. The summed E-state index contributed by atoms with van der Waals surface area (Å²) in [7, 11) is 0. The van der Waals surface area contributed by atoms with Crippen LogP contribution in [0.1, 0.15) is 15.9 Å². The van der Waals surface area contributed by atoms with Gasteiger partial charge in [0.25, 0.3) is 5.91 Å². The summed E-state index contributed by atoms with van der Waals surface area (Å²) in [6.07, 6.45) is 0. The number of hydrogen-bond acceptors (Lipinski definition) is 4. The van der Waals surface area contributed by atoms with Crippen LogP contribution in [0.15, 0.2) is 51.4 Å². The fourth-order valence-corrected chi connectivity index (χ4v) is 3.00. The van der Waals surface area contributed by atoms with Crippen molar-refractivity contribution in [3.8, 4) is 5.75 Å². The quantitative estimate of drug-likeness (QED) is 0.696. The van der Waals surface area contributed by atoms with Gasteiger partial charge in [-0.1, -0.05) is 46.3 Å². The van der Waals surface area contributed by atoms with Gasteiger partial charge in [-0.05, 0) is 33.6 Å². The number of hydrogen-bond donors (Lipinski definition) is 2. The number of ether oxygens (including phenoxy) is 1.